The smallest absolute Gasteiger partial charge is 0.326 e. The summed E-state index contributed by atoms with van der Waals surface area (Å²) < 4.78 is 0. The van der Waals surface area contributed by atoms with Gasteiger partial charge in [-0.1, -0.05) is 18.2 Å². The lowest BCUT2D eigenvalue weighted by Crippen LogP contribution is -2.60. The van der Waals surface area contributed by atoms with Gasteiger partial charge in [-0.2, -0.15) is 0 Å². The van der Waals surface area contributed by atoms with E-state index in [1.165, 1.54) is 6.92 Å². The summed E-state index contributed by atoms with van der Waals surface area (Å²) >= 11 is 0. The average Bonchev–Trinajstić information content (AvgIpc) is 3.54. The van der Waals surface area contributed by atoms with Crippen molar-refractivity contribution in [2.75, 3.05) is 6.54 Å². The van der Waals surface area contributed by atoms with Crippen LogP contribution in [0.1, 0.15) is 38.2 Å². The predicted octanol–water partition coefficient (Wildman–Crippen LogP) is -0.753. The molecule has 1 saturated heterocycles. The van der Waals surface area contributed by atoms with Gasteiger partial charge in [-0.3, -0.25) is 19.2 Å². The van der Waals surface area contributed by atoms with Crippen molar-refractivity contribution < 1.29 is 39.3 Å². The lowest BCUT2D eigenvalue weighted by Gasteiger charge is -2.26. The maximum atomic E-state index is 13.2. The molecule has 13 nitrogen and oxygen atoms in total. The van der Waals surface area contributed by atoms with Crippen molar-refractivity contribution in [1.82, 2.24) is 26.3 Å². The number of amides is 3. The van der Waals surface area contributed by atoms with Crippen LogP contribution in [0.15, 0.2) is 30.5 Å². The fourth-order valence-electron chi connectivity index (χ4n) is 4.36. The Kier molecular flexibility index (Phi) is 9.79. The third kappa shape index (κ3) is 7.52. The highest BCUT2D eigenvalue weighted by molar-refractivity contribution is 5.95. The summed E-state index contributed by atoms with van der Waals surface area (Å²) in [6.45, 7) is 1.98. The van der Waals surface area contributed by atoms with E-state index in [-0.39, 0.29) is 12.8 Å². The van der Waals surface area contributed by atoms with Gasteiger partial charge in [0.05, 0.1) is 12.1 Å². The van der Waals surface area contributed by atoms with Gasteiger partial charge in [-0.25, -0.2) is 4.79 Å². The first-order valence-electron chi connectivity index (χ1n) is 12.4. The number of aliphatic hydroxyl groups is 1. The third-order valence-electron chi connectivity index (χ3n) is 6.43. The summed E-state index contributed by atoms with van der Waals surface area (Å²) in [5.41, 5.74) is 1.45. The molecule has 206 valence electrons. The van der Waals surface area contributed by atoms with Crippen LogP contribution < -0.4 is 21.3 Å². The molecule has 5 atom stereocenters. The molecule has 0 aliphatic carbocycles. The molecule has 13 heteroatoms. The first-order chi connectivity index (χ1) is 18.1. The van der Waals surface area contributed by atoms with Crippen LogP contribution in [-0.4, -0.2) is 86.8 Å². The van der Waals surface area contributed by atoms with Crippen LogP contribution in [0.4, 0.5) is 0 Å². The Morgan fingerprint density at radius 1 is 1.03 bits per heavy atom. The number of carbonyl (C=O) groups excluding carboxylic acids is 3. The number of hydrogen-bond acceptors (Lipinski definition) is 7. The quantitative estimate of drug-likeness (QED) is 0.163. The lowest BCUT2D eigenvalue weighted by atomic mass is 10.0. The molecule has 1 aromatic carbocycles. The maximum Gasteiger partial charge on any atom is 0.326 e. The number of fused-ring (bicyclic) bond motifs is 1. The summed E-state index contributed by atoms with van der Waals surface area (Å²) in [7, 11) is 0. The Morgan fingerprint density at radius 2 is 1.74 bits per heavy atom. The number of hydrogen-bond donors (Lipinski definition) is 8. The van der Waals surface area contributed by atoms with Crippen LogP contribution in [0.5, 0.6) is 0 Å². The molecular weight excluding hydrogens is 498 g/mol. The van der Waals surface area contributed by atoms with Crippen molar-refractivity contribution >= 4 is 40.6 Å². The van der Waals surface area contributed by atoms with E-state index in [2.05, 4.69) is 26.3 Å². The van der Waals surface area contributed by atoms with E-state index < -0.39 is 66.4 Å². The minimum Gasteiger partial charge on any atom is -0.481 e. The summed E-state index contributed by atoms with van der Waals surface area (Å²) in [5.74, 6) is -4.78. The lowest BCUT2D eigenvalue weighted by molar-refractivity contribution is -0.143. The number of aliphatic carboxylic acids is 2. The summed E-state index contributed by atoms with van der Waals surface area (Å²) in [6, 6.07) is 2.61. The first-order valence-corrected chi connectivity index (χ1v) is 12.4. The molecule has 1 aliphatic rings. The molecule has 0 bridgehead atoms. The zero-order valence-corrected chi connectivity index (χ0v) is 20.9. The number of carboxylic acids is 2. The van der Waals surface area contributed by atoms with Gasteiger partial charge in [0.25, 0.3) is 0 Å². The van der Waals surface area contributed by atoms with Crippen molar-refractivity contribution in [3.05, 3.63) is 36.0 Å². The topological polar surface area (TPSA) is 210 Å². The zero-order valence-electron chi connectivity index (χ0n) is 20.9. The molecule has 0 spiro atoms. The first kappa shape index (κ1) is 28.6. The fraction of sp³-hybridized carbons (Fsp3) is 0.480. The Hall–Kier alpha value is -3.97. The molecule has 0 radical (unpaired) electrons. The Labute approximate surface area is 218 Å². The van der Waals surface area contributed by atoms with Crippen molar-refractivity contribution in [2.45, 2.75) is 69.3 Å². The molecule has 0 saturated carbocycles. The molecule has 2 heterocycles. The molecule has 1 aromatic heterocycles. The van der Waals surface area contributed by atoms with Crippen LogP contribution in [0, 0.1) is 0 Å². The number of H-pyrrole nitrogens is 1. The van der Waals surface area contributed by atoms with Crippen molar-refractivity contribution in [1.29, 1.82) is 0 Å². The van der Waals surface area contributed by atoms with Gasteiger partial charge in [0.1, 0.15) is 18.1 Å². The fourth-order valence-corrected chi connectivity index (χ4v) is 4.36. The second-order valence-corrected chi connectivity index (χ2v) is 9.33. The van der Waals surface area contributed by atoms with E-state index in [1.54, 1.807) is 12.3 Å². The SMILES string of the molecule is CC(O)C(NC(=O)C1CCCN1)C(=O)NC(Cc1c[nH]c2ccccc12)C(=O)NC(CCC(=O)O)C(=O)O. The van der Waals surface area contributed by atoms with E-state index in [1.807, 2.05) is 18.2 Å². The van der Waals surface area contributed by atoms with Gasteiger partial charge in [0.15, 0.2) is 0 Å². The third-order valence-corrected chi connectivity index (χ3v) is 6.43. The largest absolute Gasteiger partial charge is 0.481 e. The molecular formula is C25H33N5O8. The summed E-state index contributed by atoms with van der Waals surface area (Å²) in [5, 5.41) is 39.8. The van der Waals surface area contributed by atoms with Gasteiger partial charge in [0, 0.05) is 29.9 Å². The molecule has 1 fully saturated rings. The molecule has 1 aliphatic heterocycles. The number of carboxylic acid groups (broad SMARTS) is 2. The second-order valence-electron chi connectivity index (χ2n) is 9.33. The van der Waals surface area contributed by atoms with Crippen LogP contribution in [-0.2, 0) is 30.4 Å². The molecule has 5 unspecified atom stereocenters. The summed E-state index contributed by atoms with van der Waals surface area (Å²) in [6.07, 6.45) is 0.863. The van der Waals surface area contributed by atoms with E-state index >= 15 is 0 Å². The van der Waals surface area contributed by atoms with Crippen LogP contribution >= 0.6 is 0 Å². The molecule has 38 heavy (non-hydrogen) atoms. The monoisotopic (exact) mass is 531 g/mol. The number of aromatic nitrogens is 1. The molecule has 8 N–H and O–H groups in total. The van der Waals surface area contributed by atoms with E-state index in [0.29, 0.717) is 18.5 Å². The number of carbonyl (C=O) groups is 5. The number of para-hydroxylation sites is 1. The van der Waals surface area contributed by atoms with Crippen molar-refractivity contribution in [3.8, 4) is 0 Å². The van der Waals surface area contributed by atoms with Crippen LogP contribution in [0.2, 0.25) is 0 Å². The average molecular weight is 532 g/mol. The Bertz CT molecular complexity index is 1170. The highest BCUT2D eigenvalue weighted by Gasteiger charge is 2.34. The van der Waals surface area contributed by atoms with E-state index in [0.717, 1.165) is 17.3 Å². The minimum atomic E-state index is -1.50. The minimum absolute atomic E-state index is 0.0441. The van der Waals surface area contributed by atoms with E-state index in [9.17, 15) is 34.2 Å². The highest BCUT2D eigenvalue weighted by Crippen LogP contribution is 2.19. The number of rotatable bonds is 13. The zero-order chi connectivity index (χ0) is 27.8. The van der Waals surface area contributed by atoms with Gasteiger partial charge in [-0.15, -0.1) is 0 Å². The number of nitrogens with one attached hydrogen (secondary N) is 5. The standard InChI is InChI=1S/C25H33N5O8/c1-13(31)21(30-22(34)17-7-4-10-26-17)24(36)29-19(11-14-12-27-16-6-3-2-5-15(14)16)23(35)28-18(25(37)38)8-9-20(32)33/h2-3,5-6,12-13,17-19,21,26-27,31H,4,7-11H2,1H3,(H,28,35)(H,29,36)(H,30,34)(H,32,33)(H,37,38). The van der Waals surface area contributed by atoms with Crippen LogP contribution in [0.25, 0.3) is 10.9 Å². The molecule has 3 amide bonds. The van der Waals surface area contributed by atoms with Crippen molar-refractivity contribution in [3.63, 3.8) is 0 Å². The molecule has 3 rings (SSSR count). The normalized spacial score (nSPS) is 18.2. The Morgan fingerprint density at radius 3 is 2.37 bits per heavy atom. The van der Waals surface area contributed by atoms with Gasteiger partial charge in [-0.05, 0) is 44.4 Å². The number of aromatic amines is 1. The van der Waals surface area contributed by atoms with Gasteiger partial charge >= 0.3 is 11.9 Å². The van der Waals surface area contributed by atoms with E-state index in [4.69, 9.17) is 5.11 Å². The molecule has 2 aromatic rings. The van der Waals surface area contributed by atoms with Crippen LogP contribution in [0.3, 0.4) is 0 Å². The number of aliphatic hydroxyl groups excluding tert-OH is 1. The van der Waals surface area contributed by atoms with Gasteiger partial charge in [0.2, 0.25) is 17.7 Å². The predicted molar refractivity (Wildman–Crippen MR) is 135 cm³/mol. The van der Waals surface area contributed by atoms with Crippen molar-refractivity contribution in [2.24, 2.45) is 0 Å². The second kappa shape index (κ2) is 13.0. The highest BCUT2D eigenvalue weighted by atomic mass is 16.4. The van der Waals surface area contributed by atoms with Gasteiger partial charge < -0.3 is 41.6 Å². The Balaban J connectivity index is 1.81. The number of benzene rings is 1. The maximum absolute atomic E-state index is 13.2. The summed E-state index contributed by atoms with van der Waals surface area (Å²) in [4.78, 5) is 64.6.